The van der Waals surface area contributed by atoms with E-state index in [0.29, 0.717) is 5.69 Å². The topological polar surface area (TPSA) is 102 Å². The van der Waals surface area contributed by atoms with E-state index < -0.39 is 10.0 Å². The van der Waals surface area contributed by atoms with Gasteiger partial charge in [0.2, 0.25) is 0 Å². The van der Waals surface area contributed by atoms with Crippen molar-refractivity contribution in [2.24, 2.45) is 5.14 Å². The molecule has 1 heterocycles. The van der Waals surface area contributed by atoms with Crippen LogP contribution in [0.4, 0.5) is 5.69 Å². The minimum atomic E-state index is -3.62. The number of nitrogens with two attached hydrogens (primary N) is 2. The average Bonchev–Trinajstić information content (AvgIpc) is 2.11. The lowest BCUT2D eigenvalue weighted by Crippen LogP contribution is -2.12. The highest BCUT2D eigenvalue weighted by molar-refractivity contribution is 7.89. The summed E-state index contributed by atoms with van der Waals surface area (Å²) < 4.78 is 21.1. The lowest BCUT2D eigenvalue weighted by atomic mass is 10.6. The van der Waals surface area contributed by atoms with Gasteiger partial charge < -0.3 is 10.7 Å². The zero-order valence-electron chi connectivity index (χ0n) is 5.03. The van der Waals surface area contributed by atoms with E-state index in [1.807, 2.05) is 0 Å². The van der Waals surface area contributed by atoms with E-state index in [2.05, 4.69) is 4.98 Å². The van der Waals surface area contributed by atoms with Gasteiger partial charge in [0.15, 0.2) is 0 Å². The SMILES string of the molecule is Nc1c[nH]c(S(N)(=O)=O)c1. The molecule has 56 valence electrons. The standard InChI is InChI=1S/C4H7N3O2S/c5-3-1-4(7-2-3)10(6,8)9/h1-2,7H,5H2,(H2,6,8,9). The van der Waals surface area contributed by atoms with Gasteiger partial charge in [0.1, 0.15) is 5.03 Å². The second kappa shape index (κ2) is 1.99. The van der Waals surface area contributed by atoms with Crippen molar-refractivity contribution in [2.75, 3.05) is 5.73 Å². The lowest BCUT2D eigenvalue weighted by Gasteiger charge is -1.88. The van der Waals surface area contributed by atoms with Crippen LogP contribution < -0.4 is 10.9 Å². The van der Waals surface area contributed by atoms with Crippen molar-refractivity contribution in [3.8, 4) is 0 Å². The zero-order chi connectivity index (χ0) is 7.78. The Morgan fingerprint density at radius 1 is 1.50 bits per heavy atom. The summed E-state index contributed by atoms with van der Waals surface area (Å²) in [5, 5.41) is 4.69. The summed E-state index contributed by atoms with van der Waals surface area (Å²) in [4.78, 5) is 2.41. The van der Waals surface area contributed by atoms with Crippen molar-refractivity contribution >= 4 is 15.7 Å². The summed E-state index contributed by atoms with van der Waals surface area (Å²) in [6.45, 7) is 0. The first-order valence-corrected chi connectivity index (χ1v) is 4.01. The summed E-state index contributed by atoms with van der Waals surface area (Å²) in [5.74, 6) is 0. The van der Waals surface area contributed by atoms with Crippen LogP contribution >= 0.6 is 0 Å². The predicted octanol–water partition coefficient (Wildman–Crippen LogP) is -0.756. The van der Waals surface area contributed by atoms with Gasteiger partial charge in [-0.15, -0.1) is 0 Å². The Balaban J connectivity index is 3.21. The summed E-state index contributed by atoms with van der Waals surface area (Å²) >= 11 is 0. The van der Waals surface area contributed by atoms with Crippen molar-refractivity contribution < 1.29 is 8.42 Å². The molecule has 0 bridgehead atoms. The van der Waals surface area contributed by atoms with Gasteiger partial charge in [-0.3, -0.25) is 0 Å². The zero-order valence-corrected chi connectivity index (χ0v) is 5.85. The molecule has 5 nitrogen and oxygen atoms in total. The maximum absolute atomic E-state index is 10.5. The summed E-state index contributed by atoms with van der Waals surface area (Å²) in [7, 11) is -3.62. The maximum atomic E-state index is 10.5. The Morgan fingerprint density at radius 3 is 2.30 bits per heavy atom. The molecule has 0 atom stereocenters. The Hall–Kier alpha value is -1.01. The highest BCUT2D eigenvalue weighted by Gasteiger charge is 2.08. The van der Waals surface area contributed by atoms with E-state index in [-0.39, 0.29) is 5.03 Å². The molecule has 0 aliphatic heterocycles. The third-order valence-corrected chi connectivity index (χ3v) is 1.83. The Bertz CT molecular complexity index is 326. The second-order valence-electron chi connectivity index (χ2n) is 1.84. The van der Waals surface area contributed by atoms with Crippen LogP contribution in [-0.4, -0.2) is 13.4 Å². The van der Waals surface area contributed by atoms with E-state index in [1.165, 1.54) is 12.3 Å². The smallest absolute Gasteiger partial charge is 0.253 e. The molecule has 6 heteroatoms. The van der Waals surface area contributed by atoms with Crippen molar-refractivity contribution in [3.63, 3.8) is 0 Å². The van der Waals surface area contributed by atoms with Gasteiger partial charge in [0.05, 0.1) is 5.69 Å². The molecule has 0 fully saturated rings. The number of sulfonamides is 1. The molecular weight excluding hydrogens is 154 g/mol. The van der Waals surface area contributed by atoms with Gasteiger partial charge in [-0.2, -0.15) is 0 Å². The van der Waals surface area contributed by atoms with Crippen molar-refractivity contribution in [2.45, 2.75) is 5.03 Å². The minimum Gasteiger partial charge on any atom is -0.397 e. The number of anilines is 1. The molecule has 0 aliphatic carbocycles. The molecule has 1 aromatic heterocycles. The Labute approximate surface area is 58.1 Å². The molecule has 0 aromatic carbocycles. The van der Waals surface area contributed by atoms with E-state index in [1.54, 1.807) is 0 Å². The Morgan fingerprint density at radius 2 is 2.10 bits per heavy atom. The molecule has 0 saturated carbocycles. The molecule has 0 saturated heterocycles. The average molecular weight is 161 g/mol. The van der Waals surface area contributed by atoms with E-state index in [9.17, 15) is 8.42 Å². The number of hydrogen-bond donors (Lipinski definition) is 3. The van der Waals surface area contributed by atoms with Gasteiger partial charge in [-0.1, -0.05) is 0 Å². The molecule has 1 aromatic rings. The minimum absolute atomic E-state index is 0.0648. The highest BCUT2D eigenvalue weighted by atomic mass is 32.2. The number of nitrogen functional groups attached to an aromatic ring is 1. The predicted molar refractivity (Wildman–Crippen MR) is 36.6 cm³/mol. The second-order valence-corrected chi connectivity index (χ2v) is 3.37. The van der Waals surface area contributed by atoms with Crippen LogP contribution in [0.15, 0.2) is 17.3 Å². The van der Waals surface area contributed by atoms with Crippen molar-refractivity contribution in [1.29, 1.82) is 0 Å². The monoisotopic (exact) mass is 161 g/mol. The highest BCUT2D eigenvalue weighted by Crippen LogP contribution is 2.07. The number of rotatable bonds is 1. The first-order valence-electron chi connectivity index (χ1n) is 2.47. The normalized spacial score (nSPS) is 11.7. The van der Waals surface area contributed by atoms with Gasteiger partial charge in [-0.25, -0.2) is 13.6 Å². The quantitative estimate of drug-likeness (QED) is 0.504. The van der Waals surface area contributed by atoms with Crippen molar-refractivity contribution in [1.82, 2.24) is 4.98 Å². The van der Waals surface area contributed by atoms with Crippen LogP contribution in [0.5, 0.6) is 0 Å². The fourth-order valence-corrected chi connectivity index (χ4v) is 1.08. The molecule has 0 spiro atoms. The summed E-state index contributed by atoms with van der Waals surface area (Å²) in [6, 6.07) is 1.26. The van der Waals surface area contributed by atoms with Crippen LogP contribution in [-0.2, 0) is 10.0 Å². The third-order valence-electron chi connectivity index (χ3n) is 0.985. The fraction of sp³-hybridized carbons (Fsp3) is 0. The molecule has 0 amide bonds. The van der Waals surface area contributed by atoms with Crippen LogP contribution in [0.1, 0.15) is 0 Å². The summed E-state index contributed by atoms with van der Waals surface area (Å²) in [5.41, 5.74) is 5.57. The molecule has 0 unspecified atom stereocenters. The van der Waals surface area contributed by atoms with Gasteiger partial charge in [0.25, 0.3) is 10.0 Å². The van der Waals surface area contributed by atoms with Gasteiger partial charge >= 0.3 is 0 Å². The third kappa shape index (κ3) is 1.28. The molecular formula is C4H7N3O2S. The van der Waals surface area contributed by atoms with Gasteiger partial charge in [0, 0.05) is 6.20 Å². The van der Waals surface area contributed by atoms with E-state index in [0.717, 1.165) is 0 Å². The molecule has 1 rings (SSSR count). The van der Waals surface area contributed by atoms with Crippen LogP contribution in [0.2, 0.25) is 0 Å². The van der Waals surface area contributed by atoms with Gasteiger partial charge in [-0.05, 0) is 6.07 Å². The maximum Gasteiger partial charge on any atom is 0.253 e. The number of hydrogen-bond acceptors (Lipinski definition) is 3. The molecule has 10 heavy (non-hydrogen) atoms. The first-order chi connectivity index (χ1) is 4.50. The first kappa shape index (κ1) is 7.10. The molecule has 5 N–H and O–H groups in total. The number of primary sulfonamides is 1. The van der Waals surface area contributed by atoms with Crippen LogP contribution in [0, 0.1) is 0 Å². The molecule has 0 aliphatic rings. The van der Waals surface area contributed by atoms with Crippen LogP contribution in [0.3, 0.4) is 0 Å². The number of nitrogens with one attached hydrogen (secondary N) is 1. The fourth-order valence-electron chi connectivity index (χ4n) is 0.553. The largest absolute Gasteiger partial charge is 0.397 e. The molecule has 0 radical (unpaired) electrons. The number of aromatic amines is 1. The lowest BCUT2D eigenvalue weighted by molar-refractivity contribution is 0.595. The number of aromatic nitrogens is 1. The summed E-state index contributed by atoms with van der Waals surface area (Å²) in [6.07, 6.45) is 1.36. The number of H-pyrrole nitrogens is 1. The van der Waals surface area contributed by atoms with Crippen molar-refractivity contribution in [3.05, 3.63) is 12.3 Å². The van der Waals surface area contributed by atoms with E-state index in [4.69, 9.17) is 10.9 Å². The Kier molecular flexibility index (Phi) is 1.42. The van der Waals surface area contributed by atoms with E-state index >= 15 is 0 Å². The van der Waals surface area contributed by atoms with Crippen LogP contribution in [0.25, 0.3) is 0 Å².